The van der Waals surface area contributed by atoms with Gasteiger partial charge in [0, 0.05) is 0 Å². The molecule has 1 aliphatic carbocycles. The van der Waals surface area contributed by atoms with Gasteiger partial charge >= 0.3 is 0 Å². The van der Waals surface area contributed by atoms with Crippen LogP contribution >= 0.6 is 12.6 Å². The van der Waals surface area contributed by atoms with E-state index in [2.05, 4.69) is 12.6 Å². The summed E-state index contributed by atoms with van der Waals surface area (Å²) in [7, 11) is 0. The van der Waals surface area contributed by atoms with Gasteiger partial charge in [0.2, 0.25) is 0 Å². The minimum absolute atomic E-state index is 1.27. The van der Waals surface area contributed by atoms with Crippen molar-refractivity contribution in [3.8, 4) is 0 Å². The zero-order valence-corrected chi connectivity index (χ0v) is 4.67. The topological polar surface area (TPSA) is 0 Å². The zero-order chi connectivity index (χ0) is 4.41. The maximum atomic E-state index is 4.21. The first kappa shape index (κ1) is 4.51. The van der Waals surface area contributed by atoms with E-state index in [4.69, 9.17) is 0 Å². The van der Waals surface area contributed by atoms with Crippen molar-refractivity contribution in [3.63, 3.8) is 0 Å². The first-order valence-electron chi connectivity index (χ1n) is 2.43. The quantitative estimate of drug-likeness (QED) is 0.350. The first-order chi connectivity index (χ1) is 2.89. The molecule has 0 nitrogen and oxygen atoms in total. The van der Waals surface area contributed by atoms with E-state index in [0.29, 0.717) is 0 Å². The van der Waals surface area contributed by atoms with Crippen molar-refractivity contribution >= 4 is 12.6 Å². The number of thiol groups is 1. The minimum Gasteiger partial charge on any atom is -0.366 e. The van der Waals surface area contributed by atoms with Crippen molar-refractivity contribution in [3.05, 3.63) is 5.25 Å². The van der Waals surface area contributed by atoms with Crippen LogP contribution in [-0.2, 0) is 0 Å². The van der Waals surface area contributed by atoms with Crippen LogP contribution in [-0.4, -0.2) is 0 Å². The molecule has 0 spiro atoms. The summed E-state index contributed by atoms with van der Waals surface area (Å²) in [6, 6.07) is 0. The lowest BCUT2D eigenvalue weighted by molar-refractivity contribution is 0.886. The Labute approximate surface area is 44.3 Å². The number of rotatable bonds is 0. The van der Waals surface area contributed by atoms with Crippen LogP contribution in [0.3, 0.4) is 0 Å². The third kappa shape index (κ3) is 0.904. The molecule has 6 heavy (non-hydrogen) atoms. The van der Waals surface area contributed by atoms with Gasteiger partial charge in [-0.1, -0.05) is 12.8 Å². The maximum Gasteiger partial charge on any atom is -0.0820 e. The number of hydrogen-bond donors (Lipinski definition) is 1. The molecule has 0 unspecified atom stereocenters. The molecule has 0 radical (unpaired) electrons. The molecule has 36 valence electrons. The molecule has 1 saturated carbocycles. The van der Waals surface area contributed by atoms with Gasteiger partial charge in [0.25, 0.3) is 0 Å². The lowest BCUT2D eigenvalue weighted by atomic mass is 10.4. The predicted molar refractivity (Wildman–Crippen MR) is 30.7 cm³/mol. The highest BCUT2D eigenvalue weighted by atomic mass is 32.1. The molecule has 0 aliphatic heterocycles. The van der Waals surface area contributed by atoms with Crippen molar-refractivity contribution in [1.29, 1.82) is 0 Å². The summed E-state index contributed by atoms with van der Waals surface area (Å²) >= 11 is 4.21. The minimum atomic E-state index is 1.27. The monoisotopic (exact) mass is 101 g/mol. The van der Waals surface area contributed by atoms with Crippen LogP contribution in [0.15, 0.2) is 0 Å². The molecule has 1 aliphatic rings. The smallest absolute Gasteiger partial charge is 0.0820 e. The van der Waals surface area contributed by atoms with Crippen LogP contribution in [0.2, 0.25) is 0 Å². The largest absolute Gasteiger partial charge is 0.366 e. The van der Waals surface area contributed by atoms with Gasteiger partial charge in [0.1, 0.15) is 0 Å². The summed E-state index contributed by atoms with van der Waals surface area (Å²) in [5.41, 5.74) is 0. The summed E-state index contributed by atoms with van der Waals surface area (Å²) in [5.74, 6) is 0. The molecule has 1 rings (SSSR count). The predicted octanol–water partition coefficient (Wildman–Crippen LogP) is 2.02. The molecule has 0 atom stereocenters. The standard InChI is InChI=1S/C5H9S/c6-5-3-1-2-4-5/h6H,1-4H2/q-1. The Morgan fingerprint density at radius 1 is 1.17 bits per heavy atom. The fraction of sp³-hybridized carbons (Fsp3) is 0.800. The van der Waals surface area contributed by atoms with Gasteiger partial charge in [-0.15, -0.1) is 0 Å². The average molecular weight is 101 g/mol. The second-order valence-corrected chi connectivity index (χ2v) is 2.41. The van der Waals surface area contributed by atoms with Gasteiger partial charge in [-0.25, -0.2) is 0 Å². The van der Waals surface area contributed by atoms with Crippen molar-refractivity contribution in [1.82, 2.24) is 0 Å². The summed E-state index contributed by atoms with van der Waals surface area (Å²) in [6.07, 6.45) is 5.28. The average Bonchev–Trinajstić information content (AvgIpc) is 1.86. The Kier molecular flexibility index (Phi) is 1.41. The van der Waals surface area contributed by atoms with Crippen LogP contribution < -0.4 is 0 Å². The van der Waals surface area contributed by atoms with Crippen LogP contribution in [0.25, 0.3) is 0 Å². The zero-order valence-electron chi connectivity index (χ0n) is 3.78. The molecule has 0 heterocycles. The van der Waals surface area contributed by atoms with Crippen LogP contribution in [0.1, 0.15) is 25.7 Å². The van der Waals surface area contributed by atoms with Crippen molar-refractivity contribution < 1.29 is 0 Å². The molecule has 0 N–H and O–H groups in total. The van der Waals surface area contributed by atoms with E-state index in [1.54, 1.807) is 0 Å². The maximum absolute atomic E-state index is 4.21. The van der Waals surface area contributed by atoms with E-state index in [1.165, 1.54) is 30.9 Å². The Morgan fingerprint density at radius 3 is 1.83 bits per heavy atom. The van der Waals surface area contributed by atoms with Crippen molar-refractivity contribution in [2.24, 2.45) is 0 Å². The normalized spacial score (nSPS) is 25.5. The van der Waals surface area contributed by atoms with Gasteiger partial charge in [0.05, 0.1) is 0 Å². The molecule has 0 aromatic carbocycles. The molecule has 1 heteroatoms. The van der Waals surface area contributed by atoms with Crippen LogP contribution in [0.4, 0.5) is 0 Å². The van der Waals surface area contributed by atoms with Crippen LogP contribution in [0, 0.1) is 5.25 Å². The van der Waals surface area contributed by atoms with Crippen molar-refractivity contribution in [2.75, 3.05) is 0 Å². The third-order valence-corrected chi connectivity index (χ3v) is 1.63. The van der Waals surface area contributed by atoms with E-state index in [-0.39, 0.29) is 0 Å². The second kappa shape index (κ2) is 1.87. The van der Waals surface area contributed by atoms with Gasteiger partial charge in [-0.05, 0) is 0 Å². The van der Waals surface area contributed by atoms with E-state index in [1.807, 2.05) is 0 Å². The third-order valence-electron chi connectivity index (χ3n) is 1.18. The highest BCUT2D eigenvalue weighted by Crippen LogP contribution is 2.28. The number of hydrogen-bond acceptors (Lipinski definition) is 1. The fourth-order valence-electron chi connectivity index (χ4n) is 0.783. The fourth-order valence-corrected chi connectivity index (χ4v) is 1.10. The Balaban J connectivity index is 2.18. The Morgan fingerprint density at radius 2 is 1.67 bits per heavy atom. The molecule has 1 fully saturated rings. The molecular formula is C5H9S-. The summed E-state index contributed by atoms with van der Waals surface area (Å²) in [4.78, 5) is 0. The van der Waals surface area contributed by atoms with E-state index >= 15 is 0 Å². The summed E-state index contributed by atoms with van der Waals surface area (Å²) < 4.78 is 0. The highest BCUT2D eigenvalue weighted by molar-refractivity contribution is 7.83. The summed E-state index contributed by atoms with van der Waals surface area (Å²) in [6.45, 7) is 0. The van der Waals surface area contributed by atoms with Gasteiger partial charge in [-0.2, -0.15) is 12.8 Å². The summed E-state index contributed by atoms with van der Waals surface area (Å²) in [5, 5.41) is 1.40. The lowest BCUT2D eigenvalue weighted by Gasteiger charge is -2.09. The lowest BCUT2D eigenvalue weighted by Crippen LogP contribution is -1.69. The van der Waals surface area contributed by atoms with Crippen molar-refractivity contribution in [2.45, 2.75) is 25.7 Å². The molecule has 0 bridgehead atoms. The molecular weight excluding hydrogens is 92.1 g/mol. The highest BCUT2D eigenvalue weighted by Gasteiger charge is 1.94. The Hall–Kier alpha value is 0.350. The van der Waals surface area contributed by atoms with Gasteiger partial charge in [0.15, 0.2) is 0 Å². The second-order valence-electron chi connectivity index (χ2n) is 1.77. The molecule has 0 amide bonds. The van der Waals surface area contributed by atoms with E-state index in [0.717, 1.165) is 0 Å². The molecule has 0 saturated heterocycles. The SMILES string of the molecule is S[C-]1CCCC1. The first-order valence-corrected chi connectivity index (χ1v) is 2.88. The van der Waals surface area contributed by atoms with E-state index < -0.39 is 0 Å². The molecule has 0 aromatic heterocycles. The van der Waals surface area contributed by atoms with Crippen LogP contribution in [0.5, 0.6) is 0 Å². The molecule has 0 aromatic rings. The van der Waals surface area contributed by atoms with Gasteiger partial charge < -0.3 is 12.6 Å². The Bertz CT molecular complexity index is 37.2. The van der Waals surface area contributed by atoms with Gasteiger partial charge in [-0.3, -0.25) is 5.25 Å². The van der Waals surface area contributed by atoms with E-state index in [9.17, 15) is 0 Å².